The Kier molecular flexibility index (Phi) is 5.44. The Hall–Kier alpha value is -0.610. The SMILES string of the molecule is CCO[C@@H]1CC(=O)O[C@H]1O[C@@H]1C[C@H](C)CC[C@H]1C(C)C. The summed E-state index contributed by atoms with van der Waals surface area (Å²) in [5.74, 6) is 1.61. The summed E-state index contributed by atoms with van der Waals surface area (Å²) < 4.78 is 17.0. The molecule has 0 aromatic heterocycles. The van der Waals surface area contributed by atoms with E-state index in [4.69, 9.17) is 14.2 Å². The van der Waals surface area contributed by atoms with Crippen molar-refractivity contribution in [2.24, 2.45) is 17.8 Å². The zero-order valence-electron chi connectivity index (χ0n) is 13.1. The summed E-state index contributed by atoms with van der Waals surface area (Å²) in [5.41, 5.74) is 0. The largest absolute Gasteiger partial charge is 0.433 e. The summed E-state index contributed by atoms with van der Waals surface area (Å²) in [6.07, 6.45) is 3.25. The van der Waals surface area contributed by atoms with Crippen molar-refractivity contribution in [2.75, 3.05) is 6.61 Å². The van der Waals surface area contributed by atoms with Crippen LogP contribution >= 0.6 is 0 Å². The van der Waals surface area contributed by atoms with Crippen molar-refractivity contribution in [2.45, 2.75) is 71.9 Å². The number of rotatable bonds is 5. The smallest absolute Gasteiger partial charge is 0.311 e. The van der Waals surface area contributed by atoms with Gasteiger partial charge in [0, 0.05) is 6.61 Å². The summed E-state index contributed by atoms with van der Waals surface area (Å²) in [7, 11) is 0. The fourth-order valence-electron chi connectivity index (χ4n) is 3.42. The zero-order valence-corrected chi connectivity index (χ0v) is 13.1. The number of carbonyl (C=O) groups is 1. The molecule has 0 bridgehead atoms. The highest BCUT2D eigenvalue weighted by Crippen LogP contribution is 2.37. The van der Waals surface area contributed by atoms with Gasteiger partial charge in [0.25, 0.3) is 0 Å². The molecular weight excluding hydrogens is 256 g/mol. The fourth-order valence-corrected chi connectivity index (χ4v) is 3.42. The third kappa shape index (κ3) is 3.73. The minimum atomic E-state index is -0.515. The molecule has 116 valence electrons. The highest BCUT2D eigenvalue weighted by Gasteiger charge is 2.41. The number of cyclic esters (lactones) is 1. The molecule has 2 rings (SSSR count). The van der Waals surface area contributed by atoms with E-state index in [1.165, 1.54) is 12.8 Å². The van der Waals surface area contributed by atoms with Gasteiger partial charge in [-0.25, -0.2) is 0 Å². The lowest BCUT2D eigenvalue weighted by atomic mass is 9.75. The van der Waals surface area contributed by atoms with E-state index in [1.807, 2.05) is 6.92 Å². The van der Waals surface area contributed by atoms with Gasteiger partial charge in [0.15, 0.2) is 0 Å². The molecule has 1 saturated heterocycles. The standard InChI is InChI=1S/C16H28O4/c1-5-18-14-9-15(17)20-16(14)19-13-8-11(4)6-7-12(13)10(2)3/h10-14,16H,5-9H2,1-4H3/t11-,12+,13-,14-,16-/m1/s1. The van der Waals surface area contributed by atoms with Gasteiger partial charge >= 0.3 is 5.97 Å². The van der Waals surface area contributed by atoms with Gasteiger partial charge in [-0.15, -0.1) is 0 Å². The van der Waals surface area contributed by atoms with Crippen LogP contribution in [0.15, 0.2) is 0 Å². The Balaban J connectivity index is 1.99. The Bertz CT molecular complexity index is 328. The van der Waals surface area contributed by atoms with Crippen molar-refractivity contribution in [3.63, 3.8) is 0 Å². The topological polar surface area (TPSA) is 44.8 Å². The molecule has 0 radical (unpaired) electrons. The van der Waals surface area contributed by atoms with Gasteiger partial charge < -0.3 is 14.2 Å². The second kappa shape index (κ2) is 6.90. The first-order valence-electron chi connectivity index (χ1n) is 7.97. The van der Waals surface area contributed by atoms with Crippen molar-refractivity contribution in [1.29, 1.82) is 0 Å². The van der Waals surface area contributed by atoms with E-state index >= 15 is 0 Å². The van der Waals surface area contributed by atoms with Crippen LogP contribution in [0, 0.1) is 17.8 Å². The predicted octanol–water partition coefficient (Wildman–Crippen LogP) is 3.14. The molecule has 1 aliphatic carbocycles. The molecule has 5 atom stereocenters. The average molecular weight is 284 g/mol. The number of esters is 1. The van der Waals surface area contributed by atoms with E-state index < -0.39 is 6.29 Å². The molecule has 1 aliphatic heterocycles. The lowest BCUT2D eigenvalue weighted by Gasteiger charge is -2.38. The first-order chi connectivity index (χ1) is 9.51. The lowest BCUT2D eigenvalue weighted by molar-refractivity contribution is -0.211. The van der Waals surface area contributed by atoms with Crippen LogP contribution < -0.4 is 0 Å². The normalized spacial score (nSPS) is 38.2. The van der Waals surface area contributed by atoms with Gasteiger partial charge in [0.2, 0.25) is 6.29 Å². The van der Waals surface area contributed by atoms with E-state index in [1.54, 1.807) is 0 Å². The van der Waals surface area contributed by atoms with Crippen LogP contribution in [0.3, 0.4) is 0 Å². The zero-order chi connectivity index (χ0) is 14.7. The van der Waals surface area contributed by atoms with E-state index in [2.05, 4.69) is 20.8 Å². The second-order valence-electron chi connectivity index (χ2n) is 6.56. The minimum Gasteiger partial charge on any atom is -0.433 e. The molecule has 1 heterocycles. The molecule has 0 amide bonds. The maximum absolute atomic E-state index is 11.5. The van der Waals surface area contributed by atoms with Crippen molar-refractivity contribution in [1.82, 2.24) is 0 Å². The minimum absolute atomic E-state index is 0.178. The number of carbonyl (C=O) groups excluding carboxylic acids is 1. The van der Waals surface area contributed by atoms with E-state index in [9.17, 15) is 4.79 Å². The summed E-state index contributed by atoms with van der Waals surface area (Å²) in [6, 6.07) is 0. The molecule has 1 saturated carbocycles. The Labute approximate surface area is 122 Å². The van der Waals surface area contributed by atoms with Crippen molar-refractivity contribution < 1.29 is 19.0 Å². The van der Waals surface area contributed by atoms with Crippen molar-refractivity contribution in [3.05, 3.63) is 0 Å². The highest BCUT2D eigenvalue weighted by molar-refractivity contribution is 5.72. The van der Waals surface area contributed by atoms with E-state index in [-0.39, 0.29) is 18.2 Å². The van der Waals surface area contributed by atoms with Crippen LogP contribution in [0.4, 0.5) is 0 Å². The van der Waals surface area contributed by atoms with Crippen LogP contribution in [0.1, 0.15) is 53.4 Å². The van der Waals surface area contributed by atoms with Crippen LogP contribution in [0.25, 0.3) is 0 Å². The van der Waals surface area contributed by atoms with Crippen molar-refractivity contribution >= 4 is 5.97 Å². The maximum Gasteiger partial charge on any atom is 0.311 e. The highest BCUT2D eigenvalue weighted by atomic mass is 16.7. The maximum atomic E-state index is 11.5. The molecule has 2 aliphatic rings. The number of hydrogen-bond acceptors (Lipinski definition) is 4. The molecule has 4 heteroatoms. The fraction of sp³-hybridized carbons (Fsp3) is 0.938. The lowest BCUT2D eigenvalue weighted by Crippen LogP contribution is -2.40. The van der Waals surface area contributed by atoms with Crippen LogP contribution in [-0.4, -0.2) is 31.1 Å². The quantitative estimate of drug-likeness (QED) is 0.728. The van der Waals surface area contributed by atoms with Gasteiger partial charge in [-0.05, 0) is 37.5 Å². The van der Waals surface area contributed by atoms with Gasteiger partial charge in [0.1, 0.15) is 6.10 Å². The molecule has 20 heavy (non-hydrogen) atoms. The van der Waals surface area contributed by atoms with E-state index in [0.717, 1.165) is 6.42 Å². The van der Waals surface area contributed by atoms with Gasteiger partial charge in [-0.3, -0.25) is 4.79 Å². The monoisotopic (exact) mass is 284 g/mol. The second-order valence-corrected chi connectivity index (χ2v) is 6.56. The molecule has 0 aromatic carbocycles. The average Bonchev–Trinajstić information content (AvgIpc) is 2.69. The third-order valence-corrected chi connectivity index (χ3v) is 4.57. The first kappa shape index (κ1) is 15.8. The summed E-state index contributed by atoms with van der Waals surface area (Å²) in [6.45, 7) is 9.28. The first-order valence-corrected chi connectivity index (χ1v) is 7.97. The third-order valence-electron chi connectivity index (χ3n) is 4.57. The van der Waals surface area contributed by atoms with Gasteiger partial charge in [-0.2, -0.15) is 0 Å². The van der Waals surface area contributed by atoms with Crippen molar-refractivity contribution in [3.8, 4) is 0 Å². The van der Waals surface area contributed by atoms with Crippen LogP contribution in [0.2, 0.25) is 0 Å². The summed E-state index contributed by atoms with van der Waals surface area (Å²) in [5, 5.41) is 0. The summed E-state index contributed by atoms with van der Waals surface area (Å²) in [4.78, 5) is 11.5. The molecule has 4 nitrogen and oxygen atoms in total. The Morgan fingerprint density at radius 2 is 2.05 bits per heavy atom. The van der Waals surface area contributed by atoms with Gasteiger partial charge in [-0.1, -0.05) is 27.2 Å². The van der Waals surface area contributed by atoms with E-state index in [0.29, 0.717) is 30.8 Å². The predicted molar refractivity (Wildman–Crippen MR) is 76.1 cm³/mol. The molecule has 0 N–H and O–H groups in total. The number of hydrogen-bond donors (Lipinski definition) is 0. The molecule has 0 aromatic rings. The number of ether oxygens (including phenoxy) is 3. The molecular formula is C16H28O4. The summed E-state index contributed by atoms with van der Waals surface area (Å²) >= 11 is 0. The van der Waals surface area contributed by atoms with Crippen LogP contribution in [0.5, 0.6) is 0 Å². The molecule has 0 spiro atoms. The Morgan fingerprint density at radius 1 is 1.30 bits per heavy atom. The molecule has 0 unspecified atom stereocenters. The van der Waals surface area contributed by atoms with Crippen LogP contribution in [-0.2, 0) is 19.0 Å². The molecule has 2 fully saturated rings. The van der Waals surface area contributed by atoms with Gasteiger partial charge in [0.05, 0.1) is 12.5 Å². The Morgan fingerprint density at radius 3 is 2.70 bits per heavy atom.